The van der Waals surface area contributed by atoms with Crippen molar-refractivity contribution in [3.05, 3.63) is 42.0 Å². The van der Waals surface area contributed by atoms with Gasteiger partial charge in [0.2, 0.25) is 23.6 Å². The van der Waals surface area contributed by atoms with E-state index < -0.39 is 29.8 Å². The van der Waals surface area contributed by atoms with Crippen molar-refractivity contribution >= 4 is 41.1 Å². The Hall–Kier alpha value is -4.34. The Morgan fingerprint density at radius 1 is 0.583 bits per heavy atom. The van der Waals surface area contributed by atoms with E-state index in [1.807, 2.05) is 32.9 Å². The third-order valence-electron chi connectivity index (χ3n) is 8.49. The Morgan fingerprint density at radius 3 is 1.63 bits per heavy atom. The molecule has 0 saturated carbocycles. The van der Waals surface area contributed by atoms with Crippen molar-refractivity contribution in [3.63, 3.8) is 0 Å². The minimum atomic E-state index is -0.819. The molecule has 4 N–H and O–H groups in total. The Labute approximate surface area is 352 Å². The molecule has 6 amide bonds. The van der Waals surface area contributed by atoms with Crippen LogP contribution in [0, 0.1) is 12.8 Å². The molecule has 19 heteroatoms. The van der Waals surface area contributed by atoms with Crippen LogP contribution in [0.3, 0.4) is 0 Å². The molecule has 338 valence electrons. The zero-order chi connectivity index (χ0) is 43.8. The van der Waals surface area contributed by atoms with E-state index >= 15 is 0 Å². The average molecular weight is 852 g/mol. The fourth-order valence-electron chi connectivity index (χ4n) is 5.07. The highest BCUT2D eigenvalue weighted by Crippen LogP contribution is 2.10. The van der Waals surface area contributed by atoms with Gasteiger partial charge >= 0.3 is 0 Å². The molecule has 0 fully saturated rings. The van der Waals surface area contributed by atoms with Crippen molar-refractivity contribution in [3.8, 4) is 0 Å². The second kappa shape index (κ2) is 32.4. The average Bonchev–Trinajstić information content (AvgIpc) is 3.54. The maximum Gasteiger partial charge on any atom is 0.253 e. The minimum absolute atomic E-state index is 0.00166. The third kappa shape index (κ3) is 24.7. The highest BCUT2D eigenvalue weighted by atomic mass is 17.2. The molecule has 0 unspecified atom stereocenters. The fraction of sp³-hybridized carbons (Fsp3) is 0.659. The number of benzene rings is 1. The van der Waals surface area contributed by atoms with E-state index in [9.17, 15) is 28.8 Å². The molecular formula is C41H65N5O14. The summed E-state index contributed by atoms with van der Waals surface area (Å²) in [4.78, 5) is 83.9. The number of hydrogen-bond acceptors (Lipinski definition) is 14. The first-order valence-electron chi connectivity index (χ1n) is 20.5. The van der Waals surface area contributed by atoms with Crippen LogP contribution >= 0.6 is 0 Å². The van der Waals surface area contributed by atoms with Gasteiger partial charge in [-0.2, -0.15) is 0 Å². The van der Waals surface area contributed by atoms with Gasteiger partial charge in [-0.1, -0.05) is 31.5 Å². The van der Waals surface area contributed by atoms with E-state index in [1.165, 1.54) is 12.2 Å². The molecule has 0 aliphatic carbocycles. The maximum absolute atomic E-state index is 12.9. The lowest BCUT2D eigenvalue weighted by Crippen LogP contribution is -2.53. The Kier molecular flexibility index (Phi) is 28.0. The van der Waals surface area contributed by atoms with Crippen molar-refractivity contribution in [1.29, 1.82) is 0 Å². The van der Waals surface area contributed by atoms with Crippen LogP contribution in [0.4, 0.5) is 5.69 Å². The first-order chi connectivity index (χ1) is 29.0. The van der Waals surface area contributed by atoms with Crippen LogP contribution in [-0.4, -0.2) is 158 Å². The Bertz CT molecular complexity index is 1430. The summed E-state index contributed by atoms with van der Waals surface area (Å²) < 4.78 is 32.8. The van der Waals surface area contributed by atoms with Gasteiger partial charge in [0, 0.05) is 44.0 Å². The zero-order valence-electron chi connectivity index (χ0n) is 35.5. The van der Waals surface area contributed by atoms with Crippen LogP contribution in [0.1, 0.15) is 52.0 Å². The number of unbranched alkanes of at least 4 members (excludes halogenated alkanes) is 1. The van der Waals surface area contributed by atoms with Gasteiger partial charge in [-0.05, 0) is 44.7 Å². The first-order valence-corrected chi connectivity index (χ1v) is 20.5. The van der Waals surface area contributed by atoms with E-state index in [1.54, 1.807) is 19.1 Å². The number of carbonyl (C=O) groups excluding carboxylic acids is 6. The third-order valence-corrected chi connectivity index (χ3v) is 8.49. The number of carbonyl (C=O) groups is 6. The Balaban J connectivity index is 1.28. The predicted octanol–water partition coefficient (Wildman–Crippen LogP) is 1.23. The second-order valence-corrected chi connectivity index (χ2v) is 13.9. The summed E-state index contributed by atoms with van der Waals surface area (Å²) in [6, 6.07) is 5.71. The van der Waals surface area contributed by atoms with Crippen LogP contribution in [-0.2, 0) is 67.0 Å². The molecule has 1 aliphatic heterocycles. The van der Waals surface area contributed by atoms with Crippen molar-refractivity contribution in [2.45, 2.75) is 65.5 Å². The molecule has 2 rings (SSSR count). The maximum atomic E-state index is 12.9. The summed E-state index contributed by atoms with van der Waals surface area (Å²) in [5.74, 6) is -2.47. The second-order valence-electron chi connectivity index (χ2n) is 13.9. The van der Waals surface area contributed by atoms with Gasteiger partial charge in [-0.3, -0.25) is 33.7 Å². The molecule has 0 radical (unpaired) electrons. The molecule has 1 aliphatic rings. The summed E-state index contributed by atoms with van der Waals surface area (Å²) in [6.07, 6.45) is 3.88. The number of amides is 6. The first kappa shape index (κ1) is 51.8. The number of ether oxygens (including phenoxy) is 6. The van der Waals surface area contributed by atoms with E-state index in [4.69, 9.17) is 38.2 Å². The van der Waals surface area contributed by atoms with Gasteiger partial charge in [0.15, 0.2) is 0 Å². The number of aryl methyl sites for hydroxylation is 1. The van der Waals surface area contributed by atoms with Crippen molar-refractivity contribution in [2.24, 2.45) is 5.92 Å². The number of nitrogens with zero attached hydrogens (tertiary/aromatic N) is 1. The quantitative estimate of drug-likeness (QED) is 0.0323. The van der Waals surface area contributed by atoms with Crippen LogP contribution in [0.25, 0.3) is 0 Å². The summed E-state index contributed by atoms with van der Waals surface area (Å²) in [7, 11) is 0. The Morgan fingerprint density at radius 2 is 1.08 bits per heavy atom. The molecule has 1 aromatic rings. The lowest BCUT2D eigenvalue weighted by atomic mass is 10.0. The van der Waals surface area contributed by atoms with Crippen molar-refractivity contribution in [2.75, 3.05) is 111 Å². The molecule has 19 nitrogen and oxygen atoms in total. The van der Waals surface area contributed by atoms with Gasteiger partial charge in [0.25, 0.3) is 11.8 Å². The normalized spacial score (nSPS) is 13.4. The summed E-state index contributed by atoms with van der Waals surface area (Å²) in [5, 5.41) is 10.8. The lowest BCUT2D eigenvalue weighted by molar-refractivity contribution is -0.294. The summed E-state index contributed by atoms with van der Waals surface area (Å²) in [6.45, 7) is 13.0. The molecule has 0 saturated heterocycles. The van der Waals surface area contributed by atoms with Gasteiger partial charge in [-0.15, -0.1) is 0 Å². The van der Waals surface area contributed by atoms with Crippen LogP contribution < -0.4 is 21.3 Å². The lowest BCUT2D eigenvalue weighted by Gasteiger charge is -2.23. The molecule has 1 heterocycles. The number of rotatable bonds is 36. The molecule has 60 heavy (non-hydrogen) atoms. The van der Waals surface area contributed by atoms with Gasteiger partial charge in [0.1, 0.15) is 12.1 Å². The van der Waals surface area contributed by atoms with Gasteiger partial charge < -0.3 is 49.7 Å². The topological polar surface area (TPSA) is 228 Å². The summed E-state index contributed by atoms with van der Waals surface area (Å²) >= 11 is 0. The van der Waals surface area contributed by atoms with Crippen LogP contribution in [0.15, 0.2) is 36.4 Å². The highest BCUT2D eigenvalue weighted by Gasteiger charge is 2.27. The molecule has 0 bridgehead atoms. The molecular weight excluding hydrogens is 786 g/mol. The SMILES string of the molecule is Cc1ccc(NC(=O)[C@H](C)NC(=O)[C@@H](NC(=O)CCOOCCCCOCCOCCOCCOCCOCCOCCNC(=O)CCN2C(=O)C=CC2=O)C(C)C)cc1. The standard InChI is InChI=1S/C41H65N5O14/c1-31(2)39(41(52)43-33(4)40(51)44-34-9-7-32(3)8-10-34)45-36(48)14-19-60-59-18-6-5-17-53-21-23-55-25-27-57-29-30-58-28-26-56-24-22-54-20-15-42-35(47)13-16-46-37(49)11-12-38(46)50/h7-12,31,33,39H,5-6,13-30H2,1-4H3,(H,42,47)(H,43,52)(H,44,51)(H,45,48)/t33-,39-/m0/s1. The van der Waals surface area contributed by atoms with Gasteiger partial charge in [0.05, 0.1) is 92.3 Å². The van der Waals surface area contributed by atoms with Crippen LogP contribution in [0.2, 0.25) is 0 Å². The smallest absolute Gasteiger partial charge is 0.253 e. The molecule has 1 aromatic carbocycles. The van der Waals surface area contributed by atoms with Crippen molar-refractivity contribution in [1.82, 2.24) is 20.9 Å². The molecule has 2 atom stereocenters. The minimum Gasteiger partial charge on any atom is -0.379 e. The molecule has 0 spiro atoms. The monoisotopic (exact) mass is 851 g/mol. The van der Waals surface area contributed by atoms with E-state index in [2.05, 4.69) is 21.3 Å². The van der Waals surface area contributed by atoms with E-state index in [-0.39, 0.29) is 49.6 Å². The van der Waals surface area contributed by atoms with E-state index in [0.29, 0.717) is 105 Å². The fourth-order valence-corrected chi connectivity index (χ4v) is 5.07. The molecule has 0 aromatic heterocycles. The van der Waals surface area contributed by atoms with Crippen LogP contribution in [0.5, 0.6) is 0 Å². The van der Waals surface area contributed by atoms with Gasteiger partial charge in [-0.25, -0.2) is 9.78 Å². The number of nitrogens with one attached hydrogen (secondary N) is 4. The number of hydrogen-bond donors (Lipinski definition) is 4. The summed E-state index contributed by atoms with van der Waals surface area (Å²) in [5.41, 5.74) is 1.69. The predicted molar refractivity (Wildman–Crippen MR) is 218 cm³/mol. The number of anilines is 1. The largest absolute Gasteiger partial charge is 0.379 e. The zero-order valence-corrected chi connectivity index (χ0v) is 35.5. The highest BCUT2D eigenvalue weighted by molar-refractivity contribution is 6.13. The van der Waals surface area contributed by atoms with E-state index in [0.717, 1.165) is 16.9 Å². The number of imide groups is 1. The van der Waals surface area contributed by atoms with Crippen molar-refractivity contribution < 1.29 is 67.0 Å².